The average molecular weight is 205 g/mol. The molecule has 0 bridgehead atoms. The quantitative estimate of drug-likeness (QED) is 0.763. The van der Waals surface area contributed by atoms with E-state index >= 15 is 0 Å². The molecule has 1 atom stereocenters. The monoisotopic (exact) mass is 205 g/mol. The smallest absolute Gasteiger partial charge is 0.316 e. The first-order chi connectivity index (χ1) is 7.27. The molecular formula is C11H15N3O. The molecule has 1 aliphatic heterocycles. The fraction of sp³-hybridized carbons (Fsp3) is 0.364. The van der Waals surface area contributed by atoms with Gasteiger partial charge in [0.25, 0.3) is 0 Å². The molecule has 2 amide bonds. The van der Waals surface area contributed by atoms with Crippen LogP contribution in [0.3, 0.4) is 0 Å². The van der Waals surface area contributed by atoms with Crippen molar-refractivity contribution < 1.29 is 4.79 Å². The SMILES string of the molecule is CC(c1ccccc1)N1CNC(=O)NC1. The number of amides is 2. The summed E-state index contributed by atoms with van der Waals surface area (Å²) < 4.78 is 0. The van der Waals surface area contributed by atoms with Gasteiger partial charge in [0, 0.05) is 6.04 Å². The van der Waals surface area contributed by atoms with Crippen LogP contribution in [-0.2, 0) is 0 Å². The van der Waals surface area contributed by atoms with Crippen molar-refractivity contribution in [2.24, 2.45) is 0 Å². The number of nitrogens with one attached hydrogen (secondary N) is 2. The van der Waals surface area contributed by atoms with E-state index in [0.717, 1.165) is 0 Å². The van der Waals surface area contributed by atoms with Crippen molar-refractivity contribution in [3.05, 3.63) is 35.9 Å². The fourth-order valence-corrected chi connectivity index (χ4v) is 1.68. The lowest BCUT2D eigenvalue weighted by atomic mass is 10.1. The van der Waals surface area contributed by atoms with Gasteiger partial charge >= 0.3 is 6.03 Å². The van der Waals surface area contributed by atoms with E-state index in [1.165, 1.54) is 5.56 Å². The predicted molar refractivity (Wildman–Crippen MR) is 58.1 cm³/mol. The van der Waals surface area contributed by atoms with Crippen molar-refractivity contribution in [3.8, 4) is 0 Å². The third-order valence-corrected chi connectivity index (χ3v) is 2.72. The molecule has 2 N–H and O–H groups in total. The highest BCUT2D eigenvalue weighted by molar-refractivity contribution is 5.74. The topological polar surface area (TPSA) is 44.4 Å². The molecule has 1 heterocycles. The Balaban J connectivity index is 2.02. The van der Waals surface area contributed by atoms with Crippen LogP contribution in [0.4, 0.5) is 4.79 Å². The van der Waals surface area contributed by atoms with Gasteiger partial charge < -0.3 is 10.6 Å². The summed E-state index contributed by atoms with van der Waals surface area (Å²) in [5.41, 5.74) is 1.26. The van der Waals surface area contributed by atoms with E-state index in [0.29, 0.717) is 19.4 Å². The average Bonchev–Trinajstić information content (AvgIpc) is 2.30. The van der Waals surface area contributed by atoms with Gasteiger partial charge in [0.2, 0.25) is 0 Å². The number of nitrogens with zero attached hydrogens (tertiary/aromatic N) is 1. The van der Waals surface area contributed by atoms with Crippen molar-refractivity contribution in [1.82, 2.24) is 15.5 Å². The molecule has 2 rings (SSSR count). The minimum Gasteiger partial charge on any atom is -0.325 e. The first-order valence-electron chi connectivity index (χ1n) is 5.08. The molecule has 15 heavy (non-hydrogen) atoms. The number of hydrogen-bond acceptors (Lipinski definition) is 2. The summed E-state index contributed by atoms with van der Waals surface area (Å²) in [6.07, 6.45) is 0. The third-order valence-electron chi connectivity index (χ3n) is 2.72. The lowest BCUT2D eigenvalue weighted by Gasteiger charge is -2.33. The Morgan fingerprint density at radius 3 is 2.40 bits per heavy atom. The molecule has 0 saturated carbocycles. The Hall–Kier alpha value is -1.55. The highest BCUT2D eigenvalue weighted by Crippen LogP contribution is 2.18. The van der Waals surface area contributed by atoms with E-state index in [1.807, 2.05) is 18.2 Å². The van der Waals surface area contributed by atoms with Crippen molar-refractivity contribution in [2.45, 2.75) is 13.0 Å². The van der Waals surface area contributed by atoms with Crippen LogP contribution in [0.5, 0.6) is 0 Å². The van der Waals surface area contributed by atoms with Gasteiger partial charge in [0.1, 0.15) is 0 Å². The summed E-state index contributed by atoms with van der Waals surface area (Å²) in [6, 6.07) is 10.5. The molecule has 0 radical (unpaired) electrons. The maximum Gasteiger partial charge on any atom is 0.316 e. The van der Waals surface area contributed by atoms with Gasteiger partial charge in [-0.05, 0) is 12.5 Å². The highest BCUT2D eigenvalue weighted by Gasteiger charge is 2.19. The number of carbonyl (C=O) groups is 1. The zero-order valence-corrected chi connectivity index (χ0v) is 8.73. The molecule has 0 aromatic heterocycles. The van der Waals surface area contributed by atoms with Crippen LogP contribution in [0, 0.1) is 0 Å². The molecule has 0 spiro atoms. The number of urea groups is 1. The Labute approximate surface area is 89.3 Å². The van der Waals surface area contributed by atoms with E-state index in [4.69, 9.17) is 0 Å². The molecule has 1 saturated heterocycles. The molecule has 1 aromatic rings. The van der Waals surface area contributed by atoms with Crippen molar-refractivity contribution >= 4 is 6.03 Å². The molecular weight excluding hydrogens is 190 g/mol. The van der Waals surface area contributed by atoms with Gasteiger partial charge in [-0.25, -0.2) is 4.79 Å². The standard InChI is InChI=1S/C11H15N3O/c1-9(10-5-3-2-4-6-10)14-7-12-11(15)13-8-14/h2-6,9H,7-8H2,1H3,(H2,12,13,15). The summed E-state index contributed by atoms with van der Waals surface area (Å²) >= 11 is 0. The molecule has 1 fully saturated rings. The normalized spacial score (nSPS) is 19.1. The lowest BCUT2D eigenvalue weighted by molar-refractivity contribution is 0.150. The first-order valence-corrected chi connectivity index (χ1v) is 5.08. The molecule has 0 aliphatic carbocycles. The van der Waals surface area contributed by atoms with Crippen LogP contribution in [0.15, 0.2) is 30.3 Å². The molecule has 4 heteroatoms. The van der Waals surface area contributed by atoms with E-state index in [-0.39, 0.29) is 6.03 Å². The molecule has 1 unspecified atom stereocenters. The Morgan fingerprint density at radius 1 is 1.20 bits per heavy atom. The van der Waals surface area contributed by atoms with Crippen molar-refractivity contribution in [3.63, 3.8) is 0 Å². The second-order valence-electron chi connectivity index (χ2n) is 3.67. The van der Waals surface area contributed by atoms with Gasteiger partial charge in [-0.15, -0.1) is 0 Å². The van der Waals surface area contributed by atoms with Crippen molar-refractivity contribution in [1.29, 1.82) is 0 Å². The maximum absolute atomic E-state index is 10.9. The molecule has 4 nitrogen and oxygen atoms in total. The van der Waals surface area contributed by atoms with Gasteiger partial charge in [-0.3, -0.25) is 4.90 Å². The second-order valence-corrected chi connectivity index (χ2v) is 3.67. The van der Waals surface area contributed by atoms with E-state index in [9.17, 15) is 4.79 Å². The number of hydrogen-bond donors (Lipinski definition) is 2. The minimum atomic E-state index is -0.0912. The summed E-state index contributed by atoms with van der Waals surface area (Å²) in [5, 5.41) is 5.52. The van der Waals surface area contributed by atoms with Crippen LogP contribution < -0.4 is 10.6 Å². The molecule has 80 valence electrons. The van der Waals surface area contributed by atoms with Crippen molar-refractivity contribution in [2.75, 3.05) is 13.3 Å². The number of benzene rings is 1. The second kappa shape index (κ2) is 4.31. The zero-order chi connectivity index (χ0) is 10.7. The van der Waals surface area contributed by atoms with E-state index < -0.39 is 0 Å². The summed E-state index contributed by atoms with van der Waals surface area (Å²) in [7, 11) is 0. The Kier molecular flexibility index (Phi) is 2.87. The van der Waals surface area contributed by atoms with Crippen LogP contribution in [-0.4, -0.2) is 24.3 Å². The Bertz CT molecular complexity index is 329. The van der Waals surface area contributed by atoms with Crippen LogP contribution in [0.1, 0.15) is 18.5 Å². The molecule has 1 aliphatic rings. The van der Waals surface area contributed by atoms with Crippen LogP contribution >= 0.6 is 0 Å². The summed E-state index contributed by atoms with van der Waals surface area (Å²) in [6.45, 7) is 3.33. The van der Waals surface area contributed by atoms with Gasteiger partial charge in [-0.2, -0.15) is 0 Å². The molecule has 1 aromatic carbocycles. The largest absolute Gasteiger partial charge is 0.325 e. The number of carbonyl (C=O) groups excluding carboxylic acids is 1. The highest BCUT2D eigenvalue weighted by atomic mass is 16.2. The van der Waals surface area contributed by atoms with Gasteiger partial charge in [0.15, 0.2) is 0 Å². The predicted octanol–water partition coefficient (Wildman–Crippen LogP) is 1.28. The van der Waals surface area contributed by atoms with Gasteiger partial charge in [0.05, 0.1) is 13.3 Å². The summed E-state index contributed by atoms with van der Waals surface area (Å²) in [4.78, 5) is 13.1. The first kappa shape index (κ1) is 9.98. The zero-order valence-electron chi connectivity index (χ0n) is 8.73. The lowest BCUT2D eigenvalue weighted by Crippen LogP contribution is -2.54. The maximum atomic E-state index is 10.9. The van der Waals surface area contributed by atoms with Gasteiger partial charge in [-0.1, -0.05) is 30.3 Å². The Morgan fingerprint density at radius 2 is 1.80 bits per heavy atom. The fourth-order valence-electron chi connectivity index (χ4n) is 1.68. The van der Waals surface area contributed by atoms with Crippen LogP contribution in [0.2, 0.25) is 0 Å². The third kappa shape index (κ3) is 2.27. The summed E-state index contributed by atoms with van der Waals surface area (Å²) in [5.74, 6) is 0. The minimum absolute atomic E-state index is 0.0912. The van der Waals surface area contributed by atoms with E-state index in [2.05, 4.69) is 34.6 Å². The number of rotatable bonds is 2. The van der Waals surface area contributed by atoms with E-state index in [1.54, 1.807) is 0 Å². The van der Waals surface area contributed by atoms with Crippen LogP contribution in [0.25, 0.3) is 0 Å².